The number of hydrogen-bond donors (Lipinski definition) is 1. The molecule has 2 aromatic carbocycles. The van der Waals surface area contributed by atoms with Crippen molar-refractivity contribution in [3.63, 3.8) is 0 Å². The van der Waals surface area contributed by atoms with Crippen LogP contribution in [0.4, 0.5) is 4.39 Å². The van der Waals surface area contributed by atoms with E-state index in [4.69, 9.17) is 5.73 Å². The molecule has 0 fully saturated rings. The summed E-state index contributed by atoms with van der Waals surface area (Å²) in [6.45, 7) is 3.40. The fourth-order valence-electron chi connectivity index (χ4n) is 2.69. The summed E-state index contributed by atoms with van der Waals surface area (Å²) in [7, 11) is 0. The minimum Gasteiger partial charge on any atom is -0.330 e. The van der Waals surface area contributed by atoms with E-state index >= 15 is 0 Å². The summed E-state index contributed by atoms with van der Waals surface area (Å²) < 4.78 is 16.0. The van der Waals surface area contributed by atoms with Crippen LogP contribution in [0.2, 0.25) is 0 Å². The van der Waals surface area contributed by atoms with E-state index in [-0.39, 0.29) is 5.82 Å². The second-order valence-electron chi connectivity index (χ2n) is 5.03. The molecule has 1 heterocycles. The number of aryl methyl sites for hydroxylation is 1. The van der Waals surface area contributed by atoms with Crippen LogP contribution in [-0.2, 0) is 13.0 Å². The lowest BCUT2D eigenvalue weighted by Crippen LogP contribution is -2.03. The van der Waals surface area contributed by atoms with Crippen LogP contribution in [0, 0.1) is 5.82 Å². The SMILES string of the molecule is CCn1c(-c2cccc(CCN)c2)nc2c(F)cccc21. The Morgan fingerprint density at radius 2 is 2.00 bits per heavy atom. The quantitative estimate of drug-likeness (QED) is 0.798. The van der Waals surface area contributed by atoms with Gasteiger partial charge in [-0.15, -0.1) is 0 Å². The van der Waals surface area contributed by atoms with Crippen LogP contribution in [0.5, 0.6) is 0 Å². The van der Waals surface area contributed by atoms with Crippen molar-refractivity contribution in [2.75, 3.05) is 6.54 Å². The van der Waals surface area contributed by atoms with E-state index < -0.39 is 0 Å². The first-order valence-corrected chi connectivity index (χ1v) is 7.18. The average molecular weight is 283 g/mol. The lowest BCUT2D eigenvalue weighted by Gasteiger charge is -2.07. The Labute approximate surface area is 123 Å². The molecule has 2 N–H and O–H groups in total. The summed E-state index contributed by atoms with van der Waals surface area (Å²) in [6.07, 6.45) is 0.828. The highest BCUT2D eigenvalue weighted by Crippen LogP contribution is 2.26. The first-order chi connectivity index (χ1) is 10.2. The number of aromatic nitrogens is 2. The first kappa shape index (κ1) is 13.8. The van der Waals surface area contributed by atoms with Gasteiger partial charge in [0.15, 0.2) is 5.82 Å². The molecule has 0 saturated carbocycles. The molecule has 0 spiro atoms. The fraction of sp³-hybridized carbons (Fsp3) is 0.235. The molecule has 0 atom stereocenters. The first-order valence-electron chi connectivity index (χ1n) is 7.18. The Kier molecular flexibility index (Phi) is 3.71. The topological polar surface area (TPSA) is 43.8 Å². The molecule has 3 nitrogen and oxygen atoms in total. The summed E-state index contributed by atoms with van der Waals surface area (Å²) in [5, 5.41) is 0. The molecule has 3 aromatic rings. The largest absolute Gasteiger partial charge is 0.330 e. The molecule has 0 aliphatic rings. The van der Waals surface area contributed by atoms with Crippen LogP contribution in [0.3, 0.4) is 0 Å². The Balaban J connectivity index is 2.20. The van der Waals surface area contributed by atoms with E-state index in [1.54, 1.807) is 6.07 Å². The van der Waals surface area contributed by atoms with Crippen molar-refractivity contribution in [2.24, 2.45) is 5.73 Å². The van der Waals surface area contributed by atoms with Gasteiger partial charge in [-0.25, -0.2) is 9.37 Å². The number of benzene rings is 2. The lowest BCUT2D eigenvalue weighted by molar-refractivity contribution is 0.637. The van der Waals surface area contributed by atoms with Crippen LogP contribution < -0.4 is 5.73 Å². The Hall–Kier alpha value is -2.20. The highest BCUT2D eigenvalue weighted by molar-refractivity contribution is 5.81. The van der Waals surface area contributed by atoms with Gasteiger partial charge in [0.2, 0.25) is 0 Å². The van der Waals surface area contributed by atoms with Gasteiger partial charge in [-0.05, 0) is 43.7 Å². The molecule has 0 amide bonds. The minimum atomic E-state index is -0.279. The van der Waals surface area contributed by atoms with Crippen LogP contribution in [0.25, 0.3) is 22.4 Å². The van der Waals surface area contributed by atoms with Crippen molar-refractivity contribution in [3.05, 3.63) is 53.8 Å². The van der Waals surface area contributed by atoms with Gasteiger partial charge in [-0.2, -0.15) is 0 Å². The number of nitrogens with zero attached hydrogens (tertiary/aromatic N) is 2. The molecule has 21 heavy (non-hydrogen) atoms. The zero-order valence-corrected chi connectivity index (χ0v) is 12.0. The van der Waals surface area contributed by atoms with Crippen molar-refractivity contribution < 1.29 is 4.39 Å². The van der Waals surface area contributed by atoms with Crippen LogP contribution in [0.15, 0.2) is 42.5 Å². The van der Waals surface area contributed by atoms with Gasteiger partial charge in [0.1, 0.15) is 11.3 Å². The van der Waals surface area contributed by atoms with Gasteiger partial charge in [0.05, 0.1) is 5.52 Å². The van der Waals surface area contributed by atoms with Crippen LogP contribution in [0.1, 0.15) is 12.5 Å². The predicted molar refractivity (Wildman–Crippen MR) is 83.6 cm³/mol. The van der Waals surface area contributed by atoms with E-state index in [9.17, 15) is 4.39 Å². The maximum absolute atomic E-state index is 13.9. The minimum absolute atomic E-state index is 0.279. The van der Waals surface area contributed by atoms with Gasteiger partial charge in [-0.1, -0.05) is 24.3 Å². The number of fused-ring (bicyclic) bond motifs is 1. The Morgan fingerprint density at radius 3 is 2.76 bits per heavy atom. The normalized spacial score (nSPS) is 11.2. The molecule has 0 unspecified atom stereocenters. The maximum Gasteiger partial charge on any atom is 0.151 e. The van der Waals surface area contributed by atoms with Crippen molar-refractivity contribution in [2.45, 2.75) is 19.9 Å². The number of halogens is 1. The van der Waals surface area contributed by atoms with Crippen molar-refractivity contribution >= 4 is 11.0 Å². The monoisotopic (exact) mass is 283 g/mol. The van der Waals surface area contributed by atoms with Crippen LogP contribution >= 0.6 is 0 Å². The van der Waals surface area contributed by atoms with Crippen molar-refractivity contribution in [3.8, 4) is 11.4 Å². The number of imidazole rings is 1. The maximum atomic E-state index is 13.9. The third-order valence-electron chi connectivity index (χ3n) is 3.66. The zero-order chi connectivity index (χ0) is 14.8. The smallest absolute Gasteiger partial charge is 0.151 e. The molecule has 0 radical (unpaired) electrons. The molecule has 108 valence electrons. The lowest BCUT2D eigenvalue weighted by atomic mass is 10.1. The molecule has 0 aliphatic carbocycles. The molecule has 0 aliphatic heterocycles. The number of hydrogen-bond acceptors (Lipinski definition) is 2. The summed E-state index contributed by atoms with van der Waals surface area (Å²) in [4.78, 5) is 4.51. The van der Waals surface area contributed by atoms with Gasteiger partial charge < -0.3 is 10.3 Å². The van der Waals surface area contributed by atoms with E-state index in [0.29, 0.717) is 12.1 Å². The average Bonchev–Trinajstić information content (AvgIpc) is 2.88. The van der Waals surface area contributed by atoms with E-state index in [1.165, 1.54) is 11.6 Å². The summed E-state index contributed by atoms with van der Waals surface area (Å²) >= 11 is 0. The van der Waals surface area contributed by atoms with E-state index in [0.717, 1.165) is 29.9 Å². The van der Waals surface area contributed by atoms with Crippen LogP contribution in [-0.4, -0.2) is 16.1 Å². The highest BCUT2D eigenvalue weighted by atomic mass is 19.1. The van der Waals surface area contributed by atoms with Crippen molar-refractivity contribution in [1.29, 1.82) is 0 Å². The van der Waals surface area contributed by atoms with Crippen molar-refractivity contribution in [1.82, 2.24) is 9.55 Å². The zero-order valence-electron chi connectivity index (χ0n) is 12.0. The third-order valence-corrected chi connectivity index (χ3v) is 3.66. The van der Waals surface area contributed by atoms with Gasteiger partial charge in [0.25, 0.3) is 0 Å². The Morgan fingerprint density at radius 1 is 1.19 bits per heavy atom. The van der Waals surface area contributed by atoms with E-state index in [2.05, 4.69) is 17.1 Å². The standard InChI is InChI=1S/C17H18FN3/c1-2-21-15-8-4-7-14(18)16(15)20-17(21)13-6-3-5-12(11-13)9-10-19/h3-8,11H,2,9-10,19H2,1H3. The van der Waals surface area contributed by atoms with Gasteiger partial charge in [-0.3, -0.25) is 0 Å². The summed E-state index contributed by atoms with van der Waals surface area (Å²) in [6, 6.07) is 13.2. The predicted octanol–water partition coefficient (Wildman–Crippen LogP) is 3.36. The summed E-state index contributed by atoms with van der Waals surface area (Å²) in [5.41, 5.74) is 9.05. The number of para-hydroxylation sites is 1. The molecule has 3 rings (SSSR count). The third kappa shape index (κ3) is 2.43. The second kappa shape index (κ2) is 5.66. The fourth-order valence-corrected chi connectivity index (χ4v) is 2.69. The summed E-state index contributed by atoms with van der Waals surface area (Å²) in [5.74, 6) is 0.524. The second-order valence-corrected chi connectivity index (χ2v) is 5.03. The number of nitrogens with two attached hydrogens (primary N) is 1. The molecular weight excluding hydrogens is 265 g/mol. The molecule has 0 saturated heterocycles. The Bertz CT molecular complexity index is 777. The van der Waals surface area contributed by atoms with Gasteiger partial charge >= 0.3 is 0 Å². The highest BCUT2D eigenvalue weighted by Gasteiger charge is 2.14. The molecular formula is C17H18FN3. The number of rotatable bonds is 4. The van der Waals surface area contributed by atoms with Gasteiger partial charge in [0, 0.05) is 12.1 Å². The molecule has 1 aromatic heterocycles. The molecule has 0 bridgehead atoms. The van der Waals surface area contributed by atoms with E-state index in [1.807, 2.05) is 29.7 Å². The molecule has 4 heteroatoms.